The predicted octanol–water partition coefficient (Wildman–Crippen LogP) is 11.1. The first-order valence-electron chi connectivity index (χ1n) is 40.5. The normalized spacial score (nSPS) is 12.9. The monoisotopic (exact) mass is 1510 g/mol. The van der Waals surface area contributed by atoms with Gasteiger partial charge in [0.25, 0.3) is 0 Å². The largest absolute Gasteiger partial charge is 0.356 e. The van der Waals surface area contributed by atoms with Gasteiger partial charge in [0.15, 0.2) is 11.6 Å². The summed E-state index contributed by atoms with van der Waals surface area (Å²) in [5.74, 6) is 0.744. The fraction of sp³-hybridized carbons (Fsp3) is 0.729. The summed E-state index contributed by atoms with van der Waals surface area (Å²) in [6.07, 6.45) is 26.9. The van der Waals surface area contributed by atoms with E-state index in [1.807, 2.05) is 103 Å². The average molecular weight is 1510 g/mol. The van der Waals surface area contributed by atoms with Gasteiger partial charge in [0.05, 0.1) is 36.3 Å². The Balaban J connectivity index is -0.000000599. The van der Waals surface area contributed by atoms with Gasteiger partial charge in [0.2, 0.25) is 5.91 Å². The fourth-order valence-corrected chi connectivity index (χ4v) is 11.7. The summed E-state index contributed by atoms with van der Waals surface area (Å²) in [6, 6.07) is 18.7. The Morgan fingerprint density at radius 2 is 0.636 bits per heavy atom. The summed E-state index contributed by atoms with van der Waals surface area (Å²) in [4.78, 5) is 127. The van der Waals surface area contributed by atoms with Gasteiger partial charge in [-0.2, -0.15) is 0 Å². The van der Waals surface area contributed by atoms with Crippen LogP contribution in [0.3, 0.4) is 0 Å². The van der Waals surface area contributed by atoms with Crippen molar-refractivity contribution in [3.63, 3.8) is 0 Å². The number of amides is 1. The van der Waals surface area contributed by atoms with Crippen molar-refractivity contribution >= 4 is 63.7 Å². The zero-order valence-electron chi connectivity index (χ0n) is 70.1. The van der Waals surface area contributed by atoms with E-state index in [2.05, 4.69) is 73.9 Å². The quantitative estimate of drug-likeness (QED) is 0.0274. The molecule has 0 aliphatic rings. The highest BCUT2D eigenvalue weighted by atomic mass is 16.2. The molecule has 0 spiro atoms. The standard InChI is InChI=1S/C18H28N2O2.C18H27NO2.C13H27N3O2.C12H24N2O2.C12H26N2O.C12H23NO2/c1-14(21)16(15-9-5-4-6-10-15)13-18(22)17(20-3)11-7-8-12-19-2;1-4-5-7-12-17(19-3)18(21)13-16(14(2)20)15-10-8-6-9-11-15;1-11(17)12(15-2)7-4-6-10-16-13(18)8-3-5-9-14;1-10(15)7-8-12(16)11(14-3)6-4-5-9-13-2;1-4-5-10-14-12(11(2)15)8-6-7-9-13-3;1-4-5-6-7-11(13-3)12(15)9-8-10(2)14/h4-6,9-10,16-17,19-20H,7-8,11-13H2,1-3H3;6,8-11,16-17,19H,4-5,7,12-13H2,1-3H3;12,15H,3-10,14H2,1-2H3,(H,16,18);11,13-14H,4-9H2,1-3H3;12-14H,4-10H2,1-3H3;11,13H,4-9H2,1-3H3. The van der Waals surface area contributed by atoms with Crippen LogP contribution >= 0.6 is 0 Å². The van der Waals surface area contributed by atoms with Crippen LogP contribution in [0.5, 0.6) is 0 Å². The minimum Gasteiger partial charge on any atom is -0.356 e. The molecule has 8 atom stereocenters. The van der Waals surface area contributed by atoms with Crippen LogP contribution in [0.2, 0.25) is 0 Å². The lowest BCUT2D eigenvalue weighted by molar-refractivity contribution is -0.125. The van der Waals surface area contributed by atoms with Gasteiger partial charge in [-0.05, 0) is 232 Å². The first-order chi connectivity index (χ1) is 51.2. The number of rotatable bonds is 61. The molecule has 1 amide bonds. The lowest BCUT2D eigenvalue weighted by atomic mass is 9.88. The molecular formula is C85H155N11O11. The van der Waals surface area contributed by atoms with Crippen LogP contribution in [0.4, 0.5) is 0 Å². The maximum atomic E-state index is 12.5. The van der Waals surface area contributed by atoms with Crippen LogP contribution in [0.1, 0.15) is 284 Å². The molecular weight excluding hydrogens is 1350 g/mol. The van der Waals surface area contributed by atoms with Crippen molar-refractivity contribution in [2.75, 3.05) is 95.6 Å². The molecule has 22 nitrogen and oxygen atoms in total. The minimum absolute atomic E-state index is 0.0459. The zero-order chi connectivity index (χ0) is 81.4. The van der Waals surface area contributed by atoms with Crippen LogP contribution < -0.4 is 58.9 Å². The summed E-state index contributed by atoms with van der Waals surface area (Å²) in [5.41, 5.74) is 7.21. The Hall–Kier alpha value is -5.79. The number of Topliss-reactive ketones (excluding diaryl/α,β-unsaturated/α-hetero) is 10. The smallest absolute Gasteiger partial charge is 0.219 e. The zero-order valence-corrected chi connectivity index (χ0v) is 70.1. The van der Waals surface area contributed by atoms with Gasteiger partial charge < -0.3 is 68.5 Å². The number of hydrogen-bond donors (Lipinski definition) is 11. The maximum Gasteiger partial charge on any atom is 0.219 e. The molecule has 107 heavy (non-hydrogen) atoms. The number of likely N-dealkylation sites (N-methyl/N-ethyl adjacent to an activating group) is 5. The molecule has 0 bridgehead atoms. The van der Waals surface area contributed by atoms with E-state index in [0.717, 1.165) is 185 Å². The lowest BCUT2D eigenvalue weighted by Gasteiger charge is -2.19. The third kappa shape index (κ3) is 62.6. The van der Waals surface area contributed by atoms with Gasteiger partial charge in [0.1, 0.15) is 46.3 Å². The highest BCUT2D eigenvalue weighted by Crippen LogP contribution is 2.24. The van der Waals surface area contributed by atoms with E-state index in [-0.39, 0.29) is 125 Å². The minimum atomic E-state index is -0.332. The number of unbranched alkanes of at least 4 members (excludes halogenated alkanes) is 10. The van der Waals surface area contributed by atoms with Crippen LogP contribution in [-0.4, -0.2) is 196 Å². The van der Waals surface area contributed by atoms with Crippen molar-refractivity contribution in [3.05, 3.63) is 71.8 Å². The lowest BCUT2D eigenvalue weighted by Crippen LogP contribution is -2.36. The molecule has 0 saturated heterocycles. The van der Waals surface area contributed by atoms with Gasteiger partial charge in [-0.25, -0.2) is 0 Å². The second-order valence-electron chi connectivity index (χ2n) is 28.0. The van der Waals surface area contributed by atoms with Gasteiger partial charge in [-0.1, -0.05) is 146 Å². The molecule has 12 N–H and O–H groups in total. The van der Waals surface area contributed by atoms with Crippen molar-refractivity contribution < 1.29 is 52.7 Å². The van der Waals surface area contributed by atoms with E-state index < -0.39 is 0 Å². The molecule has 0 aromatic heterocycles. The molecule has 0 heterocycles. The highest BCUT2D eigenvalue weighted by molar-refractivity contribution is 5.94. The molecule has 0 fully saturated rings. The van der Waals surface area contributed by atoms with Crippen molar-refractivity contribution in [3.8, 4) is 0 Å². The van der Waals surface area contributed by atoms with Crippen LogP contribution in [0.25, 0.3) is 0 Å². The molecule has 0 aliphatic heterocycles. The molecule has 8 unspecified atom stereocenters. The first-order valence-corrected chi connectivity index (χ1v) is 40.5. The van der Waals surface area contributed by atoms with Gasteiger partial charge in [-0.15, -0.1) is 0 Å². The van der Waals surface area contributed by atoms with E-state index in [9.17, 15) is 52.7 Å². The average Bonchev–Trinajstić information content (AvgIpc) is 0.867. The van der Waals surface area contributed by atoms with Gasteiger partial charge in [-0.3, -0.25) is 43.2 Å². The molecule has 616 valence electrons. The molecule has 0 radical (unpaired) electrons. The van der Waals surface area contributed by atoms with E-state index in [0.29, 0.717) is 45.2 Å². The summed E-state index contributed by atoms with van der Waals surface area (Å²) in [5, 5.41) is 30.7. The number of carbonyl (C=O) groups is 11. The summed E-state index contributed by atoms with van der Waals surface area (Å²) in [6.45, 7) is 21.2. The molecule has 2 aromatic carbocycles. The second kappa shape index (κ2) is 75.6. The van der Waals surface area contributed by atoms with E-state index >= 15 is 0 Å². The van der Waals surface area contributed by atoms with Crippen LogP contribution in [-0.2, 0) is 52.7 Å². The number of nitrogens with two attached hydrogens (primary N) is 1. The Morgan fingerprint density at radius 1 is 0.318 bits per heavy atom. The maximum absolute atomic E-state index is 12.5. The summed E-state index contributed by atoms with van der Waals surface area (Å²) < 4.78 is 0. The molecule has 2 aromatic rings. The van der Waals surface area contributed by atoms with Crippen molar-refractivity contribution in [2.24, 2.45) is 5.73 Å². The van der Waals surface area contributed by atoms with Crippen molar-refractivity contribution in [1.82, 2.24) is 53.2 Å². The number of nitrogens with one attached hydrogen (secondary N) is 10. The number of ketones is 10. The van der Waals surface area contributed by atoms with Gasteiger partial charge >= 0.3 is 0 Å². The number of hydrogen-bond acceptors (Lipinski definition) is 21. The Labute approximate surface area is 649 Å². The van der Waals surface area contributed by atoms with Crippen molar-refractivity contribution in [2.45, 2.75) is 309 Å². The highest BCUT2D eigenvalue weighted by Gasteiger charge is 2.27. The molecule has 22 heteroatoms. The predicted molar refractivity (Wildman–Crippen MR) is 443 cm³/mol. The van der Waals surface area contributed by atoms with E-state index in [1.54, 1.807) is 41.8 Å². The van der Waals surface area contributed by atoms with Crippen LogP contribution in [0.15, 0.2) is 60.7 Å². The number of carbonyl (C=O) groups excluding carboxylic acids is 11. The molecule has 0 aliphatic carbocycles. The Kier molecular flexibility index (Phi) is 76.0. The van der Waals surface area contributed by atoms with E-state index in [1.165, 1.54) is 20.3 Å². The van der Waals surface area contributed by atoms with E-state index in [4.69, 9.17) is 5.73 Å². The Bertz CT molecular complexity index is 2600. The van der Waals surface area contributed by atoms with Gasteiger partial charge in [0, 0.05) is 63.3 Å². The van der Waals surface area contributed by atoms with Crippen molar-refractivity contribution in [1.29, 1.82) is 0 Å². The number of benzene rings is 2. The third-order valence-electron chi connectivity index (χ3n) is 18.6. The van der Waals surface area contributed by atoms with Crippen LogP contribution in [0, 0.1) is 0 Å². The second-order valence-corrected chi connectivity index (χ2v) is 28.0. The summed E-state index contributed by atoms with van der Waals surface area (Å²) >= 11 is 0. The first kappa shape index (κ1) is 108. The molecule has 0 saturated carbocycles. The molecule has 2 rings (SSSR count). The SMILES string of the molecule is CCCCCC(NC)C(=O)CC(C(C)=O)c1ccccc1.CCCCCC(NC)C(=O)CCC(C)=O.CCCCNC(CCCCNC)C(C)=O.CNC(CCCCNC(=O)CCCCN)C(C)=O.CNCCCCC(NC)C(=O)CC(C(C)=O)c1ccccc1.CNCCCCC(NC)C(=O)CCC(C)=O. The summed E-state index contributed by atoms with van der Waals surface area (Å²) in [7, 11) is 14.8. The topological polar surface area (TPSA) is 334 Å². The Morgan fingerprint density at radius 3 is 0.935 bits per heavy atom. The fourth-order valence-electron chi connectivity index (χ4n) is 11.7. The third-order valence-corrected chi connectivity index (χ3v) is 18.6.